The minimum atomic E-state index is -0.523. The number of amides is 1. The molecule has 1 aliphatic rings. The van der Waals surface area contributed by atoms with Crippen molar-refractivity contribution in [1.29, 1.82) is 0 Å². The fourth-order valence-electron chi connectivity index (χ4n) is 3.71. The maximum atomic E-state index is 12.0. The lowest BCUT2D eigenvalue weighted by molar-refractivity contribution is 0.0636. The topological polar surface area (TPSA) is 69.0 Å². The van der Waals surface area contributed by atoms with Crippen molar-refractivity contribution in [3.63, 3.8) is 0 Å². The number of carbonyl (C=O) groups excluding carboxylic acids is 1. The van der Waals surface area contributed by atoms with Crippen LogP contribution < -0.4 is 5.32 Å². The molecule has 1 fully saturated rings. The molecule has 1 N–H and O–H groups in total. The number of nitrogens with one attached hydrogen (secondary N) is 1. The van der Waals surface area contributed by atoms with E-state index in [1.54, 1.807) is 6.33 Å². The molecule has 0 radical (unpaired) electrons. The normalized spacial score (nSPS) is 23.0. The van der Waals surface area contributed by atoms with Crippen LogP contribution in [0.1, 0.15) is 51.9 Å². The summed E-state index contributed by atoms with van der Waals surface area (Å²) < 4.78 is 7.33. The van der Waals surface area contributed by atoms with Crippen molar-refractivity contribution in [3.8, 4) is 0 Å². The molecule has 134 valence electrons. The van der Waals surface area contributed by atoms with Crippen LogP contribution in [0.3, 0.4) is 0 Å². The molecule has 3 rings (SSSR count). The van der Waals surface area contributed by atoms with E-state index in [1.165, 1.54) is 0 Å². The van der Waals surface area contributed by atoms with Gasteiger partial charge in [0.25, 0.3) is 0 Å². The molecular formula is C19H26N4O2. The summed E-state index contributed by atoms with van der Waals surface area (Å²) in [7, 11) is 1.98. The highest BCUT2D eigenvalue weighted by Gasteiger charge is 2.48. The number of anilines is 1. The van der Waals surface area contributed by atoms with Crippen LogP contribution in [-0.4, -0.2) is 26.5 Å². The van der Waals surface area contributed by atoms with Gasteiger partial charge in [0, 0.05) is 12.7 Å². The van der Waals surface area contributed by atoms with Crippen molar-refractivity contribution in [2.75, 3.05) is 5.32 Å². The van der Waals surface area contributed by atoms with E-state index in [0.29, 0.717) is 5.92 Å². The molecule has 25 heavy (non-hydrogen) atoms. The Labute approximate surface area is 148 Å². The van der Waals surface area contributed by atoms with Gasteiger partial charge < -0.3 is 9.30 Å². The van der Waals surface area contributed by atoms with Gasteiger partial charge in [-0.1, -0.05) is 19.1 Å². The van der Waals surface area contributed by atoms with Crippen molar-refractivity contribution in [1.82, 2.24) is 14.8 Å². The number of aryl methyl sites for hydroxylation is 1. The van der Waals surface area contributed by atoms with Gasteiger partial charge in [0.2, 0.25) is 0 Å². The van der Waals surface area contributed by atoms with E-state index in [-0.39, 0.29) is 5.41 Å². The molecule has 0 bridgehead atoms. The van der Waals surface area contributed by atoms with Crippen molar-refractivity contribution >= 4 is 11.8 Å². The highest BCUT2D eigenvalue weighted by molar-refractivity contribution is 5.85. The molecule has 1 amide bonds. The number of aromatic nitrogens is 3. The van der Waals surface area contributed by atoms with E-state index in [0.717, 1.165) is 29.9 Å². The van der Waals surface area contributed by atoms with Gasteiger partial charge in [-0.3, -0.25) is 5.32 Å². The third kappa shape index (κ3) is 3.52. The number of carbonyl (C=O) groups is 1. The molecular weight excluding hydrogens is 316 g/mol. The molecule has 1 aromatic heterocycles. The van der Waals surface area contributed by atoms with Crippen LogP contribution in [0.25, 0.3) is 0 Å². The van der Waals surface area contributed by atoms with E-state index in [9.17, 15) is 4.79 Å². The van der Waals surface area contributed by atoms with Gasteiger partial charge in [0.05, 0.1) is 5.41 Å². The van der Waals surface area contributed by atoms with E-state index >= 15 is 0 Å². The zero-order valence-corrected chi connectivity index (χ0v) is 15.5. The summed E-state index contributed by atoms with van der Waals surface area (Å²) in [5, 5.41) is 11.2. The van der Waals surface area contributed by atoms with Gasteiger partial charge in [0.1, 0.15) is 17.8 Å². The molecule has 1 heterocycles. The second kappa shape index (κ2) is 6.17. The smallest absolute Gasteiger partial charge is 0.412 e. The molecule has 0 unspecified atom stereocenters. The van der Waals surface area contributed by atoms with Crippen LogP contribution in [-0.2, 0) is 17.2 Å². The molecule has 1 saturated carbocycles. The summed E-state index contributed by atoms with van der Waals surface area (Å²) in [6.45, 7) is 7.79. The lowest BCUT2D eigenvalue weighted by atomic mass is 9.58. The van der Waals surface area contributed by atoms with Crippen LogP contribution in [0.5, 0.6) is 0 Å². The van der Waals surface area contributed by atoms with Crippen LogP contribution >= 0.6 is 0 Å². The van der Waals surface area contributed by atoms with E-state index in [4.69, 9.17) is 4.74 Å². The molecule has 0 spiro atoms. The third-order valence-corrected chi connectivity index (χ3v) is 4.59. The summed E-state index contributed by atoms with van der Waals surface area (Å²) in [4.78, 5) is 12.0. The Balaban J connectivity index is 1.87. The van der Waals surface area contributed by atoms with E-state index in [1.807, 2.05) is 50.6 Å². The fraction of sp³-hybridized carbons (Fsp3) is 0.526. The summed E-state index contributed by atoms with van der Waals surface area (Å²) in [6.07, 6.45) is 3.34. The minimum Gasteiger partial charge on any atom is -0.444 e. The van der Waals surface area contributed by atoms with Crippen molar-refractivity contribution in [2.24, 2.45) is 13.0 Å². The highest BCUT2D eigenvalue weighted by atomic mass is 16.6. The SMILES string of the molecule is CC1CC(c2cccc(NC(=O)OC(C)(C)C)c2)(c2nncn2C)C1. The first-order chi connectivity index (χ1) is 11.7. The standard InChI is InChI=1S/C19H26N4O2/c1-13-10-19(11-13,16-22-20-12-23(16)5)14-7-6-8-15(9-14)21-17(24)25-18(2,3)4/h6-9,12-13H,10-11H2,1-5H3,(H,21,24). The van der Waals surface area contributed by atoms with Crippen molar-refractivity contribution < 1.29 is 9.53 Å². The zero-order valence-electron chi connectivity index (χ0n) is 15.5. The summed E-state index contributed by atoms with van der Waals surface area (Å²) in [5.41, 5.74) is 1.21. The lowest BCUT2D eigenvalue weighted by Crippen LogP contribution is -2.43. The molecule has 1 aliphatic carbocycles. The number of nitrogens with zero attached hydrogens (tertiary/aromatic N) is 3. The summed E-state index contributed by atoms with van der Waals surface area (Å²) >= 11 is 0. The summed E-state index contributed by atoms with van der Waals surface area (Å²) in [5.74, 6) is 1.61. The van der Waals surface area contributed by atoms with Gasteiger partial charge >= 0.3 is 6.09 Å². The number of hydrogen-bond donors (Lipinski definition) is 1. The average Bonchev–Trinajstić information content (AvgIpc) is 2.88. The Morgan fingerprint density at radius 1 is 1.36 bits per heavy atom. The van der Waals surface area contributed by atoms with Gasteiger partial charge in [-0.15, -0.1) is 10.2 Å². The second-order valence-electron chi connectivity index (χ2n) is 8.07. The Morgan fingerprint density at radius 2 is 2.08 bits per heavy atom. The predicted octanol–water partition coefficient (Wildman–Crippen LogP) is 3.88. The Kier molecular flexibility index (Phi) is 4.31. The number of benzene rings is 1. The quantitative estimate of drug-likeness (QED) is 0.919. The van der Waals surface area contributed by atoms with Gasteiger partial charge in [-0.25, -0.2) is 4.79 Å². The molecule has 2 aromatic rings. The second-order valence-corrected chi connectivity index (χ2v) is 8.07. The number of hydrogen-bond acceptors (Lipinski definition) is 4. The van der Waals surface area contributed by atoms with E-state index in [2.05, 4.69) is 28.5 Å². The number of rotatable bonds is 3. The Hall–Kier alpha value is -2.37. The molecule has 0 atom stereocenters. The maximum Gasteiger partial charge on any atom is 0.412 e. The molecule has 0 saturated heterocycles. The monoisotopic (exact) mass is 342 g/mol. The number of ether oxygens (including phenoxy) is 1. The van der Waals surface area contributed by atoms with Gasteiger partial charge in [-0.05, 0) is 57.2 Å². The maximum absolute atomic E-state index is 12.0. The Morgan fingerprint density at radius 3 is 2.64 bits per heavy atom. The minimum absolute atomic E-state index is 0.143. The first kappa shape index (κ1) is 17.5. The third-order valence-electron chi connectivity index (χ3n) is 4.59. The van der Waals surface area contributed by atoms with Crippen LogP contribution in [0.15, 0.2) is 30.6 Å². The van der Waals surface area contributed by atoms with Gasteiger partial charge in [0.15, 0.2) is 0 Å². The molecule has 6 heteroatoms. The Bertz CT molecular complexity index is 770. The van der Waals surface area contributed by atoms with Crippen molar-refractivity contribution in [2.45, 2.75) is 51.6 Å². The van der Waals surface area contributed by atoms with Crippen LogP contribution in [0.4, 0.5) is 10.5 Å². The molecule has 1 aromatic carbocycles. The van der Waals surface area contributed by atoms with Crippen LogP contribution in [0, 0.1) is 5.92 Å². The summed E-state index contributed by atoms with van der Waals surface area (Å²) in [6, 6.07) is 7.95. The van der Waals surface area contributed by atoms with E-state index < -0.39 is 11.7 Å². The predicted molar refractivity (Wildman–Crippen MR) is 96.5 cm³/mol. The van der Waals surface area contributed by atoms with Gasteiger partial charge in [-0.2, -0.15) is 0 Å². The zero-order chi connectivity index (χ0) is 18.2. The fourth-order valence-corrected chi connectivity index (χ4v) is 3.71. The average molecular weight is 342 g/mol. The molecule has 6 nitrogen and oxygen atoms in total. The molecule has 0 aliphatic heterocycles. The first-order valence-corrected chi connectivity index (χ1v) is 8.65. The van der Waals surface area contributed by atoms with Crippen molar-refractivity contribution in [3.05, 3.63) is 42.0 Å². The first-order valence-electron chi connectivity index (χ1n) is 8.65. The largest absolute Gasteiger partial charge is 0.444 e. The highest BCUT2D eigenvalue weighted by Crippen LogP contribution is 2.51. The van der Waals surface area contributed by atoms with Crippen LogP contribution in [0.2, 0.25) is 0 Å². The lowest BCUT2D eigenvalue weighted by Gasteiger charge is -2.46.